The lowest BCUT2D eigenvalue weighted by Gasteiger charge is -2.53. The molecule has 0 radical (unpaired) electrons. The van der Waals surface area contributed by atoms with Gasteiger partial charge in [0.15, 0.2) is 0 Å². The van der Waals surface area contributed by atoms with Crippen LogP contribution in [0, 0.1) is 6.92 Å². The van der Waals surface area contributed by atoms with Crippen LogP contribution in [-0.2, 0) is 19.1 Å². The van der Waals surface area contributed by atoms with Crippen LogP contribution in [0.3, 0.4) is 0 Å². The van der Waals surface area contributed by atoms with Gasteiger partial charge in [-0.05, 0) is 79.5 Å². The maximum Gasteiger partial charge on any atom is 0.306 e. The lowest BCUT2D eigenvalue weighted by atomic mass is 9.79. The monoisotopic (exact) mass is 461 g/mol. The van der Waals surface area contributed by atoms with E-state index in [0.29, 0.717) is 13.2 Å². The third kappa shape index (κ3) is 9.36. The van der Waals surface area contributed by atoms with E-state index in [4.69, 9.17) is 14.2 Å². The molecule has 1 fully saturated rings. The molecule has 0 amide bonds. The molecule has 1 aliphatic rings. The van der Waals surface area contributed by atoms with E-state index in [1.807, 2.05) is 24.3 Å². The number of carbonyl (C=O) groups is 2. The highest BCUT2D eigenvalue weighted by molar-refractivity contribution is 5.77. The minimum absolute atomic E-state index is 0.0432. The number of carbonyl (C=O) groups excluding carboxylic acids is 2. The van der Waals surface area contributed by atoms with Gasteiger partial charge in [-0.2, -0.15) is 0 Å². The molecule has 1 aromatic rings. The lowest BCUT2D eigenvalue weighted by molar-refractivity contribution is -0.161. The SMILES string of the molecule is Cc1ccc(OCCCCCCOC(=O)CCC(=O)OC2CC(C)(C)N(C)C(C)(C)C2)cc1. The van der Waals surface area contributed by atoms with Gasteiger partial charge in [0.2, 0.25) is 0 Å². The van der Waals surface area contributed by atoms with Crippen LogP contribution in [0.15, 0.2) is 24.3 Å². The molecular weight excluding hydrogens is 418 g/mol. The Morgan fingerprint density at radius 1 is 0.879 bits per heavy atom. The number of hydrogen-bond acceptors (Lipinski definition) is 6. The van der Waals surface area contributed by atoms with Gasteiger partial charge in [0.1, 0.15) is 11.9 Å². The van der Waals surface area contributed by atoms with Crippen LogP contribution in [0.25, 0.3) is 0 Å². The molecule has 1 heterocycles. The Kier molecular flexibility index (Phi) is 10.2. The third-order valence-electron chi connectivity index (χ3n) is 6.69. The highest BCUT2D eigenvalue weighted by Gasteiger charge is 2.44. The maximum atomic E-state index is 12.3. The molecule has 0 atom stereocenters. The average Bonchev–Trinajstić information content (AvgIpc) is 2.73. The van der Waals surface area contributed by atoms with E-state index < -0.39 is 0 Å². The first-order valence-corrected chi connectivity index (χ1v) is 12.3. The van der Waals surface area contributed by atoms with E-state index in [2.05, 4.69) is 46.6 Å². The van der Waals surface area contributed by atoms with Gasteiger partial charge in [-0.15, -0.1) is 0 Å². The van der Waals surface area contributed by atoms with Crippen molar-refractivity contribution >= 4 is 11.9 Å². The largest absolute Gasteiger partial charge is 0.494 e. The van der Waals surface area contributed by atoms with Crippen LogP contribution < -0.4 is 4.74 Å². The number of ether oxygens (including phenoxy) is 3. The third-order valence-corrected chi connectivity index (χ3v) is 6.69. The maximum absolute atomic E-state index is 12.3. The number of likely N-dealkylation sites (tertiary alicyclic amines) is 1. The number of piperidine rings is 1. The zero-order valence-electron chi connectivity index (χ0n) is 21.4. The minimum Gasteiger partial charge on any atom is -0.494 e. The number of esters is 2. The summed E-state index contributed by atoms with van der Waals surface area (Å²) in [5.74, 6) is 0.247. The first kappa shape index (κ1) is 27.2. The van der Waals surface area contributed by atoms with Crippen molar-refractivity contribution in [3.8, 4) is 5.75 Å². The van der Waals surface area contributed by atoms with Crippen LogP contribution in [0.5, 0.6) is 5.75 Å². The lowest BCUT2D eigenvalue weighted by Crippen LogP contribution is -2.60. The molecule has 1 saturated heterocycles. The van der Waals surface area contributed by atoms with Crippen molar-refractivity contribution in [2.24, 2.45) is 0 Å². The Bertz CT molecular complexity index is 738. The van der Waals surface area contributed by atoms with E-state index in [-0.39, 0.29) is 42.0 Å². The van der Waals surface area contributed by atoms with Crippen molar-refractivity contribution < 1.29 is 23.8 Å². The van der Waals surface area contributed by atoms with E-state index in [1.54, 1.807) is 0 Å². The van der Waals surface area contributed by atoms with Crippen molar-refractivity contribution in [1.82, 2.24) is 4.90 Å². The van der Waals surface area contributed by atoms with Crippen molar-refractivity contribution in [2.45, 2.75) is 103 Å². The molecule has 0 N–H and O–H groups in total. The molecule has 6 heteroatoms. The summed E-state index contributed by atoms with van der Waals surface area (Å²) in [5, 5.41) is 0. The summed E-state index contributed by atoms with van der Waals surface area (Å²) in [6.07, 6.45) is 5.40. The van der Waals surface area contributed by atoms with Crippen LogP contribution in [0.4, 0.5) is 0 Å². The highest BCUT2D eigenvalue weighted by atomic mass is 16.5. The number of nitrogens with zero attached hydrogens (tertiary/aromatic N) is 1. The highest BCUT2D eigenvalue weighted by Crippen LogP contribution is 2.38. The van der Waals surface area contributed by atoms with Gasteiger partial charge in [-0.1, -0.05) is 17.7 Å². The average molecular weight is 462 g/mol. The van der Waals surface area contributed by atoms with E-state index in [0.717, 1.165) is 44.3 Å². The molecule has 2 rings (SSSR count). The number of benzene rings is 1. The van der Waals surface area contributed by atoms with E-state index in [1.165, 1.54) is 5.56 Å². The Balaban J connectivity index is 1.51. The fourth-order valence-electron chi connectivity index (χ4n) is 4.45. The molecule has 186 valence electrons. The molecule has 33 heavy (non-hydrogen) atoms. The number of aryl methyl sites for hydroxylation is 1. The smallest absolute Gasteiger partial charge is 0.306 e. The first-order valence-electron chi connectivity index (χ1n) is 12.3. The number of rotatable bonds is 12. The van der Waals surface area contributed by atoms with Gasteiger partial charge in [0.25, 0.3) is 0 Å². The Labute approximate surface area is 200 Å². The van der Waals surface area contributed by atoms with Crippen molar-refractivity contribution in [2.75, 3.05) is 20.3 Å². The molecule has 6 nitrogen and oxygen atoms in total. The standard InChI is InChI=1S/C27H43NO5/c1-21-11-13-22(14-12-21)31-17-9-7-8-10-18-32-24(29)15-16-25(30)33-23-19-26(2,3)28(6)27(4,5)20-23/h11-14,23H,7-10,15-20H2,1-6H3. The van der Waals surface area contributed by atoms with Crippen LogP contribution in [-0.4, -0.2) is 54.3 Å². The molecular formula is C27H43NO5. The zero-order valence-corrected chi connectivity index (χ0v) is 21.4. The summed E-state index contributed by atoms with van der Waals surface area (Å²) in [4.78, 5) is 26.6. The molecule has 0 aliphatic carbocycles. The molecule has 1 aromatic carbocycles. The minimum atomic E-state index is -0.335. The second-order valence-electron chi connectivity index (χ2n) is 10.5. The van der Waals surface area contributed by atoms with Gasteiger partial charge in [0, 0.05) is 23.9 Å². The van der Waals surface area contributed by atoms with Gasteiger partial charge >= 0.3 is 11.9 Å². The number of unbranched alkanes of at least 4 members (excludes halogenated alkanes) is 3. The second-order valence-corrected chi connectivity index (χ2v) is 10.5. The summed E-state index contributed by atoms with van der Waals surface area (Å²) in [6.45, 7) is 11.8. The molecule has 0 spiro atoms. The molecule has 0 unspecified atom stereocenters. The van der Waals surface area contributed by atoms with Crippen molar-refractivity contribution in [1.29, 1.82) is 0 Å². The van der Waals surface area contributed by atoms with Gasteiger partial charge < -0.3 is 14.2 Å². The van der Waals surface area contributed by atoms with Gasteiger partial charge in [0.05, 0.1) is 26.1 Å². The van der Waals surface area contributed by atoms with Crippen LogP contribution in [0.2, 0.25) is 0 Å². The Morgan fingerprint density at radius 3 is 2.03 bits per heavy atom. The second kappa shape index (κ2) is 12.4. The topological polar surface area (TPSA) is 65.1 Å². The van der Waals surface area contributed by atoms with E-state index >= 15 is 0 Å². The summed E-state index contributed by atoms with van der Waals surface area (Å²) >= 11 is 0. The first-order chi connectivity index (χ1) is 15.5. The van der Waals surface area contributed by atoms with E-state index in [9.17, 15) is 9.59 Å². The zero-order chi connectivity index (χ0) is 24.5. The quantitative estimate of drug-likeness (QED) is 0.304. The van der Waals surface area contributed by atoms with Crippen LogP contribution >= 0.6 is 0 Å². The molecule has 1 aliphatic heterocycles. The van der Waals surface area contributed by atoms with Gasteiger partial charge in [-0.3, -0.25) is 14.5 Å². The summed E-state index contributed by atoms with van der Waals surface area (Å²) in [5.41, 5.74) is 1.13. The molecule has 0 saturated carbocycles. The number of hydrogen-bond donors (Lipinski definition) is 0. The predicted octanol–water partition coefficient (Wildman–Crippen LogP) is 5.45. The molecule has 0 bridgehead atoms. The van der Waals surface area contributed by atoms with Crippen molar-refractivity contribution in [3.05, 3.63) is 29.8 Å². The van der Waals surface area contributed by atoms with Gasteiger partial charge in [-0.25, -0.2) is 0 Å². The summed E-state index contributed by atoms with van der Waals surface area (Å²) < 4.78 is 16.7. The summed E-state index contributed by atoms with van der Waals surface area (Å²) in [6, 6.07) is 8.05. The summed E-state index contributed by atoms with van der Waals surface area (Å²) in [7, 11) is 2.12. The molecule has 0 aromatic heterocycles. The fourth-order valence-corrected chi connectivity index (χ4v) is 4.45. The fraction of sp³-hybridized carbons (Fsp3) is 0.704. The van der Waals surface area contributed by atoms with Crippen molar-refractivity contribution in [3.63, 3.8) is 0 Å². The Morgan fingerprint density at radius 2 is 1.42 bits per heavy atom. The Hall–Kier alpha value is -2.08. The normalized spacial score (nSPS) is 18.0. The van der Waals surface area contributed by atoms with Crippen LogP contribution in [0.1, 0.15) is 84.6 Å². The predicted molar refractivity (Wildman–Crippen MR) is 130 cm³/mol.